The smallest absolute Gasteiger partial charge is 0.324 e. The Bertz CT molecular complexity index is 413. The molecule has 0 radical (unpaired) electrons. The van der Waals surface area contributed by atoms with Gasteiger partial charge in [-0.3, -0.25) is 0 Å². The second-order valence-electron chi connectivity index (χ2n) is 4.78. The van der Waals surface area contributed by atoms with Gasteiger partial charge in [0.2, 0.25) is 0 Å². The number of alkyl halides is 3. The second kappa shape index (κ2) is 4.87. The lowest BCUT2D eigenvalue weighted by molar-refractivity contribution is -0.188. The monoisotopic (exact) mass is 262 g/mol. The molecular weight excluding hydrogens is 245 g/mol. The van der Waals surface area contributed by atoms with Gasteiger partial charge in [-0.25, -0.2) is 0 Å². The summed E-state index contributed by atoms with van der Waals surface area (Å²) in [7, 11) is 1.68. The van der Waals surface area contributed by atoms with Gasteiger partial charge in [0.15, 0.2) is 0 Å². The molecule has 1 aromatic heterocycles. The highest BCUT2D eigenvalue weighted by Crippen LogP contribution is 2.45. The maximum atomic E-state index is 13.0. The molecular formula is C11H17F3N4. The van der Waals surface area contributed by atoms with Crippen LogP contribution in [0, 0.1) is 5.92 Å². The highest BCUT2D eigenvalue weighted by molar-refractivity contribution is 5.06. The van der Waals surface area contributed by atoms with E-state index in [9.17, 15) is 13.2 Å². The number of aromatic nitrogens is 3. The number of nitrogens with zero attached hydrogens (tertiary/aromatic N) is 3. The lowest BCUT2D eigenvalue weighted by Gasteiger charge is -2.32. The molecule has 1 aliphatic rings. The van der Waals surface area contributed by atoms with Crippen molar-refractivity contribution in [1.29, 1.82) is 0 Å². The summed E-state index contributed by atoms with van der Waals surface area (Å²) in [6.07, 6.45) is -2.04. The van der Waals surface area contributed by atoms with E-state index < -0.39 is 18.0 Å². The Labute approximate surface area is 103 Å². The van der Waals surface area contributed by atoms with Crippen molar-refractivity contribution in [3.05, 3.63) is 11.6 Å². The molecule has 1 aliphatic carbocycles. The minimum atomic E-state index is -4.17. The Balaban J connectivity index is 2.31. The first-order chi connectivity index (χ1) is 8.45. The van der Waals surface area contributed by atoms with Crippen molar-refractivity contribution in [3.63, 3.8) is 0 Å². The molecule has 102 valence electrons. The van der Waals surface area contributed by atoms with Crippen LogP contribution < -0.4 is 5.73 Å². The zero-order valence-corrected chi connectivity index (χ0v) is 10.2. The fourth-order valence-corrected chi connectivity index (χ4v) is 2.71. The molecule has 2 N–H and O–H groups in total. The number of hydrogen-bond donors (Lipinski definition) is 1. The standard InChI is InChI=1S/C11H17F3N4/c1-18-9(6-15)16-17-10(18)7-4-2-3-5-8(7)11(12,13)14/h7-8H,2-6,15H2,1H3. The predicted octanol–water partition coefficient (Wildman–Crippen LogP) is 2.11. The van der Waals surface area contributed by atoms with Gasteiger partial charge in [-0.15, -0.1) is 10.2 Å². The van der Waals surface area contributed by atoms with Gasteiger partial charge in [-0.1, -0.05) is 12.8 Å². The van der Waals surface area contributed by atoms with Gasteiger partial charge in [0.05, 0.1) is 12.5 Å². The van der Waals surface area contributed by atoms with Gasteiger partial charge < -0.3 is 10.3 Å². The van der Waals surface area contributed by atoms with Gasteiger partial charge in [0, 0.05) is 13.0 Å². The van der Waals surface area contributed by atoms with E-state index in [0.717, 1.165) is 6.42 Å². The Kier molecular flexibility index (Phi) is 3.61. The van der Waals surface area contributed by atoms with Crippen molar-refractivity contribution in [2.24, 2.45) is 18.7 Å². The molecule has 1 heterocycles. The van der Waals surface area contributed by atoms with Crippen molar-refractivity contribution >= 4 is 0 Å². The number of rotatable bonds is 2. The first-order valence-electron chi connectivity index (χ1n) is 6.10. The van der Waals surface area contributed by atoms with Crippen LogP contribution >= 0.6 is 0 Å². The topological polar surface area (TPSA) is 56.7 Å². The normalized spacial score (nSPS) is 25.4. The molecule has 2 atom stereocenters. The summed E-state index contributed by atoms with van der Waals surface area (Å²) >= 11 is 0. The lowest BCUT2D eigenvalue weighted by atomic mass is 9.78. The number of halogens is 3. The zero-order chi connectivity index (χ0) is 13.3. The first-order valence-corrected chi connectivity index (χ1v) is 6.10. The zero-order valence-electron chi connectivity index (χ0n) is 10.2. The number of hydrogen-bond acceptors (Lipinski definition) is 3. The molecule has 0 bridgehead atoms. The summed E-state index contributed by atoms with van der Waals surface area (Å²) in [5, 5.41) is 7.75. The van der Waals surface area contributed by atoms with Gasteiger partial charge in [-0.2, -0.15) is 13.2 Å². The van der Waals surface area contributed by atoms with E-state index >= 15 is 0 Å². The van der Waals surface area contributed by atoms with Gasteiger partial charge in [0.25, 0.3) is 0 Å². The third-order valence-electron chi connectivity index (χ3n) is 3.70. The maximum Gasteiger partial charge on any atom is 0.392 e. The van der Waals surface area contributed by atoms with Crippen LogP contribution in [0.3, 0.4) is 0 Å². The predicted molar refractivity (Wildman–Crippen MR) is 59.6 cm³/mol. The molecule has 0 spiro atoms. The first kappa shape index (κ1) is 13.3. The second-order valence-corrected chi connectivity index (χ2v) is 4.78. The fraction of sp³-hybridized carbons (Fsp3) is 0.818. The fourth-order valence-electron chi connectivity index (χ4n) is 2.71. The summed E-state index contributed by atoms with van der Waals surface area (Å²) < 4.78 is 40.7. The molecule has 1 saturated carbocycles. The molecule has 0 amide bonds. The van der Waals surface area contributed by atoms with E-state index in [1.165, 1.54) is 0 Å². The van der Waals surface area contributed by atoms with E-state index in [1.807, 2.05) is 0 Å². The molecule has 7 heteroatoms. The summed E-state index contributed by atoms with van der Waals surface area (Å²) in [6, 6.07) is 0. The third kappa shape index (κ3) is 2.36. The molecule has 18 heavy (non-hydrogen) atoms. The van der Waals surface area contributed by atoms with E-state index in [4.69, 9.17) is 5.73 Å². The van der Waals surface area contributed by atoms with Crippen LogP contribution in [-0.2, 0) is 13.6 Å². The molecule has 0 saturated heterocycles. The molecule has 4 nitrogen and oxygen atoms in total. The minimum absolute atomic E-state index is 0.180. The highest BCUT2D eigenvalue weighted by Gasteiger charge is 2.47. The molecule has 0 aromatic carbocycles. The maximum absolute atomic E-state index is 13.0. The highest BCUT2D eigenvalue weighted by atomic mass is 19.4. The molecule has 2 unspecified atom stereocenters. The Morgan fingerprint density at radius 2 is 1.94 bits per heavy atom. The van der Waals surface area contributed by atoms with Crippen molar-refractivity contribution in [2.45, 2.75) is 44.3 Å². The summed E-state index contributed by atoms with van der Waals surface area (Å²) in [6.45, 7) is 0.187. The van der Waals surface area contributed by atoms with E-state index in [-0.39, 0.29) is 13.0 Å². The molecule has 2 rings (SSSR count). The van der Waals surface area contributed by atoms with Crippen LogP contribution in [0.4, 0.5) is 13.2 Å². The van der Waals surface area contributed by atoms with E-state index in [1.54, 1.807) is 11.6 Å². The van der Waals surface area contributed by atoms with Gasteiger partial charge in [-0.05, 0) is 12.8 Å². The van der Waals surface area contributed by atoms with Crippen LogP contribution in [0.5, 0.6) is 0 Å². The van der Waals surface area contributed by atoms with Crippen LogP contribution in [-0.4, -0.2) is 20.9 Å². The molecule has 1 aromatic rings. The van der Waals surface area contributed by atoms with Crippen molar-refractivity contribution in [2.75, 3.05) is 0 Å². The minimum Gasteiger partial charge on any atom is -0.324 e. The van der Waals surface area contributed by atoms with Gasteiger partial charge >= 0.3 is 6.18 Å². The summed E-state index contributed by atoms with van der Waals surface area (Å²) in [5.74, 6) is -0.953. The largest absolute Gasteiger partial charge is 0.392 e. The van der Waals surface area contributed by atoms with Gasteiger partial charge in [0.1, 0.15) is 11.6 Å². The third-order valence-corrected chi connectivity index (χ3v) is 3.70. The molecule has 1 fully saturated rings. The summed E-state index contributed by atoms with van der Waals surface area (Å²) in [4.78, 5) is 0. The van der Waals surface area contributed by atoms with Crippen LogP contribution in [0.25, 0.3) is 0 Å². The Hall–Kier alpha value is -1.11. The Morgan fingerprint density at radius 3 is 2.50 bits per heavy atom. The lowest BCUT2D eigenvalue weighted by Crippen LogP contribution is -2.33. The number of nitrogens with two attached hydrogens (primary N) is 1. The SMILES string of the molecule is Cn1c(CN)nnc1C1CCCCC1C(F)(F)F. The quantitative estimate of drug-likeness (QED) is 0.888. The van der Waals surface area contributed by atoms with Crippen molar-refractivity contribution in [3.8, 4) is 0 Å². The van der Waals surface area contributed by atoms with E-state index in [2.05, 4.69) is 10.2 Å². The van der Waals surface area contributed by atoms with Crippen LogP contribution in [0.1, 0.15) is 43.3 Å². The van der Waals surface area contributed by atoms with Crippen molar-refractivity contribution in [1.82, 2.24) is 14.8 Å². The summed E-state index contributed by atoms with van der Waals surface area (Å²) in [5.41, 5.74) is 5.47. The molecule has 0 aliphatic heterocycles. The Morgan fingerprint density at radius 1 is 1.28 bits per heavy atom. The van der Waals surface area contributed by atoms with Crippen LogP contribution in [0.2, 0.25) is 0 Å². The average molecular weight is 262 g/mol. The average Bonchev–Trinajstić information content (AvgIpc) is 2.69. The van der Waals surface area contributed by atoms with E-state index in [0.29, 0.717) is 24.5 Å². The van der Waals surface area contributed by atoms with Crippen LogP contribution in [0.15, 0.2) is 0 Å². The van der Waals surface area contributed by atoms with Crippen molar-refractivity contribution < 1.29 is 13.2 Å².